The van der Waals surface area contributed by atoms with Gasteiger partial charge in [-0.15, -0.1) is 0 Å². The van der Waals surface area contributed by atoms with Gasteiger partial charge in [0.25, 0.3) is 0 Å². The summed E-state index contributed by atoms with van der Waals surface area (Å²) < 4.78 is 5.34. The number of aliphatic hydroxyl groups is 1. The van der Waals surface area contributed by atoms with E-state index in [1.807, 2.05) is 39.8 Å². The number of carbonyl (C=O) groups excluding carboxylic acids is 1. The first-order valence-corrected chi connectivity index (χ1v) is 6.18. The van der Waals surface area contributed by atoms with E-state index in [0.29, 0.717) is 19.4 Å². The maximum absolute atomic E-state index is 12.0. The standard InChI is InChI=1S/C13H23NO3/c1-5-11(15)10-8-6-7-9-14(10)12(16)17-13(2,3)4/h6-7,10-11,15H,5,8-9H2,1-4H3/t10-,11-/m1/s1. The molecule has 1 heterocycles. The summed E-state index contributed by atoms with van der Waals surface area (Å²) in [5.74, 6) is 0. The third-order valence-corrected chi connectivity index (χ3v) is 2.74. The van der Waals surface area contributed by atoms with Gasteiger partial charge in [0.15, 0.2) is 0 Å². The monoisotopic (exact) mass is 241 g/mol. The molecular formula is C13H23NO3. The molecule has 0 fully saturated rings. The molecule has 1 aliphatic heterocycles. The van der Waals surface area contributed by atoms with Crippen LogP contribution in [0.15, 0.2) is 12.2 Å². The number of hydrogen-bond acceptors (Lipinski definition) is 3. The fourth-order valence-corrected chi connectivity index (χ4v) is 1.85. The van der Waals surface area contributed by atoms with Crippen LogP contribution < -0.4 is 0 Å². The largest absolute Gasteiger partial charge is 0.444 e. The summed E-state index contributed by atoms with van der Waals surface area (Å²) in [7, 11) is 0. The minimum atomic E-state index is -0.500. The number of rotatable bonds is 2. The summed E-state index contributed by atoms with van der Waals surface area (Å²) in [6, 6.07) is -0.167. The average molecular weight is 241 g/mol. The summed E-state index contributed by atoms with van der Waals surface area (Å²) in [5, 5.41) is 9.92. The summed E-state index contributed by atoms with van der Waals surface area (Å²) in [5.41, 5.74) is -0.500. The normalized spacial score (nSPS) is 22.4. The van der Waals surface area contributed by atoms with Crippen molar-refractivity contribution in [3.8, 4) is 0 Å². The number of amides is 1. The Hall–Kier alpha value is -1.03. The molecule has 4 heteroatoms. The van der Waals surface area contributed by atoms with Crippen molar-refractivity contribution in [3.05, 3.63) is 12.2 Å². The van der Waals surface area contributed by atoms with Crippen molar-refractivity contribution in [3.63, 3.8) is 0 Å². The van der Waals surface area contributed by atoms with E-state index in [-0.39, 0.29) is 12.1 Å². The number of nitrogens with zero attached hydrogens (tertiary/aromatic N) is 1. The molecule has 98 valence electrons. The minimum Gasteiger partial charge on any atom is -0.444 e. The highest BCUT2D eigenvalue weighted by Crippen LogP contribution is 2.20. The van der Waals surface area contributed by atoms with E-state index in [4.69, 9.17) is 4.74 Å². The highest BCUT2D eigenvalue weighted by molar-refractivity contribution is 5.69. The van der Waals surface area contributed by atoms with Crippen LogP contribution in [0.4, 0.5) is 4.79 Å². The molecule has 2 atom stereocenters. The van der Waals surface area contributed by atoms with Crippen molar-refractivity contribution < 1.29 is 14.6 Å². The fourth-order valence-electron chi connectivity index (χ4n) is 1.85. The first-order valence-electron chi connectivity index (χ1n) is 6.18. The highest BCUT2D eigenvalue weighted by Gasteiger charge is 2.32. The molecule has 4 nitrogen and oxygen atoms in total. The van der Waals surface area contributed by atoms with Crippen molar-refractivity contribution in [2.45, 2.75) is 58.3 Å². The maximum Gasteiger partial charge on any atom is 0.410 e. The van der Waals surface area contributed by atoms with Crippen molar-refractivity contribution in [2.75, 3.05) is 6.54 Å². The van der Waals surface area contributed by atoms with Crippen LogP contribution in [0.5, 0.6) is 0 Å². The smallest absolute Gasteiger partial charge is 0.410 e. The van der Waals surface area contributed by atoms with Crippen LogP contribution in [0.1, 0.15) is 40.5 Å². The van der Waals surface area contributed by atoms with Gasteiger partial charge in [0.2, 0.25) is 0 Å². The first-order chi connectivity index (χ1) is 7.85. The third-order valence-electron chi connectivity index (χ3n) is 2.74. The van der Waals surface area contributed by atoms with Gasteiger partial charge in [0.1, 0.15) is 5.60 Å². The molecule has 0 saturated heterocycles. The van der Waals surface area contributed by atoms with Crippen molar-refractivity contribution >= 4 is 6.09 Å². The third kappa shape index (κ3) is 4.04. The Morgan fingerprint density at radius 3 is 2.71 bits per heavy atom. The molecule has 1 aliphatic rings. The number of aliphatic hydroxyl groups excluding tert-OH is 1. The maximum atomic E-state index is 12.0. The van der Waals surface area contributed by atoms with E-state index in [0.717, 1.165) is 0 Å². The molecule has 0 radical (unpaired) electrons. The van der Waals surface area contributed by atoms with Gasteiger partial charge < -0.3 is 9.84 Å². The first kappa shape index (κ1) is 14.0. The summed E-state index contributed by atoms with van der Waals surface area (Å²) >= 11 is 0. The van der Waals surface area contributed by atoms with E-state index in [2.05, 4.69) is 0 Å². The summed E-state index contributed by atoms with van der Waals surface area (Å²) in [6.45, 7) is 7.95. The van der Waals surface area contributed by atoms with E-state index >= 15 is 0 Å². The highest BCUT2D eigenvalue weighted by atomic mass is 16.6. The molecule has 0 aromatic rings. The van der Waals surface area contributed by atoms with Crippen LogP contribution in [-0.2, 0) is 4.74 Å². The fraction of sp³-hybridized carbons (Fsp3) is 0.769. The topological polar surface area (TPSA) is 49.8 Å². The molecule has 0 saturated carbocycles. The SMILES string of the molecule is CC[C@@H](O)[C@H]1CC=CCN1C(=O)OC(C)(C)C. The number of ether oxygens (including phenoxy) is 1. The van der Waals surface area contributed by atoms with E-state index in [1.54, 1.807) is 4.90 Å². The second-order valence-corrected chi connectivity index (χ2v) is 5.38. The molecule has 1 amide bonds. The molecule has 17 heavy (non-hydrogen) atoms. The Labute approximate surface area is 103 Å². The van der Waals surface area contributed by atoms with Crippen molar-refractivity contribution in [1.82, 2.24) is 4.90 Å². The second kappa shape index (κ2) is 5.54. The Morgan fingerprint density at radius 1 is 1.53 bits per heavy atom. The predicted molar refractivity (Wildman–Crippen MR) is 66.8 cm³/mol. The minimum absolute atomic E-state index is 0.167. The van der Waals surface area contributed by atoms with Crippen molar-refractivity contribution in [1.29, 1.82) is 0 Å². The zero-order chi connectivity index (χ0) is 13.1. The molecule has 0 bridgehead atoms. The van der Waals surface area contributed by atoms with Crippen molar-refractivity contribution in [2.24, 2.45) is 0 Å². The van der Waals surface area contributed by atoms with Gasteiger partial charge in [-0.3, -0.25) is 4.90 Å². The van der Waals surface area contributed by atoms with Crippen LogP contribution in [0, 0.1) is 0 Å². The lowest BCUT2D eigenvalue weighted by Gasteiger charge is -2.36. The van der Waals surface area contributed by atoms with E-state index in [9.17, 15) is 9.90 Å². The van der Waals surface area contributed by atoms with Gasteiger partial charge in [-0.05, 0) is 33.6 Å². The Balaban J connectivity index is 2.72. The summed E-state index contributed by atoms with van der Waals surface area (Å²) in [4.78, 5) is 13.6. The van der Waals surface area contributed by atoms with Gasteiger partial charge in [-0.1, -0.05) is 19.1 Å². The van der Waals surface area contributed by atoms with E-state index in [1.165, 1.54) is 0 Å². The average Bonchev–Trinajstić information content (AvgIpc) is 2.25. The predicted octanol–water partition coefficient (Wildman–Crippen LogP) is 2.32. The van der Waals surface area contributed by atoms with Crippen LogP contribution >= 0.6 is 0 Å². The molecule has 1 rings (SSSR count). The molecule has 1 N–H and O–H groups in total. The van der Waals surface area contributed by atoms with Crippen LogP contribution in [0.2, 0.25) is 0 Å². The van der Waals surface area contributed by atoms with Gasteiger partial charge in [-0.25, -0.2) is 4.79 Å². The lowest BCUT2D eigenvalue weighted by molar-refractivity contribution is -0.00437. The molecule has 0 aromatic carbocycles. The van der Waals surface area contributed by atoms with Gasteiger partial charge in [-0.2, -0.15) is 0 Å². The lowest BCUT2D eigenvalue weighted by atomic mass is 10.0. The zero-order valence-electron chi connectivity index (χ0n) is 11.1. The molecule has 0 aliphatic carbocycles. The second-order valence-electron chi connectivity index (χ2n) is 5.38. The molecular weight excluding hydrogens is 218 g/mol. The van der Waals surface area contributed by atoms with Crippen LogP contribution in [0.25, 0.3) is 0 Å². The molecule has 0 aromatic heterocycles. The van der Waals surface area contributed by atoms with Gasteiger partial charge in [0.05, 0.1) is 12.1 Å². The molecule has 0 unspecified atom stereocenters. The Kier molecular flexibility index (Phi) is 4.57. The summed E-state index contributed by atoms with van der Waals surface area (Å²) in [6.07, 6.45) is 4.42. The number of carbonyl (C=O) groups is 1. The van der Waals surface area contributed by atoms with Crippen LogP contribution in [-0.4, -0.2) is 40.4 Å². The van der Waals surface area contributed by atoms with E-state index < -0.39 is 11.7 Å². The molecule has 0 spiro atoms. The van der Waals surface area contributed by atoms with Crippen LogP contribution in [0.3, 0.4) is 0 Å². The quantitative estimate of drug-likeness (QED) is 0.755. The Morgan fingerprint density at radius 2 is 2.18 bits per heavy atom. The lowest BCUT2D eigenvalue weighted by Crippen LogP contribution is -2.49. The zero-order valence-corrected chi connectivity index (χ0v) is 11.1. The number of hydrogen-bond donors (Lipinski definition) is 1. The van der Waals surface area contributed by atoms with Gasteiger partial charge in [0, 0.05) is 6.54 Å². The Bertz CT molecular complexity index is 294. The van der Waals surface area contributed by atoms with Gasteiger partial charge >= 0.3 is 6.09 Å².